The van der Waals surface area contributed by atoms with Gasteiger partial charge in [-0.3, -0.25) is 9.78 Å². The van der Waals surface area contributed by atoms with Gasteiger partial charge in [0.25, 0.3) is 5.91 Å². The molecule has 0 saturated carbocycles. The Labute approximate surface area is 111 Å². The fraction of sp³-hybridized carbons (Fsp3) is 0.286. The maximum Gasteiger partial charge on any atom is 0.252 e. The third-order valence-electron chi connectivity index (χ3n) is 2.77. The van der Waals surface area contributed by atoms with Crippen molar-refractivity contribution in [1.29, 1.82) is 0 Å². The highest BCUT2D eigenvalue weighted by atomic mass is 16.1. The highest BCUT2D eigenvalue weighted by Gasteiger charge is 2.12. The standard InChI is InChI=1S/C14H16N4O/c1-8-4-11(5-9(2)17-8)6-13-12(14(15)19)7-16-10(3)18-13/h4-5,7H,6H2,1-3H3,(H2,15,19). The molecule has 2 aromatic rings. The number of carbonyl (C=O) groups excluding carboxylic acids is 1. The molecular formula is C14H16N4O. The van der Waals surface area contributed by atoms with Crippen molar-refractivity contribution in [2.75, 3.05) is 0 Å². The summed E-state index contributed by atoms with van der Waals surface area (Å²) in [6.07, 6.45) is 2.03. The molecule has 0 bridgehead atoms. The summed E-state index contributed by atoms with van der Waals surface area (Å²) in [4.78, 5) is 24.0. The van der Waals surface area contributed by atoms with Crippen LogP contribution in [0.2, 0.25) is 0 Å². The van der Waals surface area contributed by atoms with Gasteiger partial charge in [-0.1, -0.05) is 0 Å². The second kappa shape index (κ2) is 5.14. The van der Waals surface area contributed by atoms with Gasteiger partial charge in [-0.25, -0.2) is 9.97 Å². The zero-order valence-electron chi connectivity index (χ0n) is 11.3. The van der Waals surface area contributed by atoms with Crippen LogP contribution in [0.4, 0.5) is 0 Å². The highest BCUT2D eigenvalue weighted by Crippen LogP contribution is 2.13. The van der Waals surface area contributed by atoms with Crippen LogP contribution in [0.3, 0.4) is 0 Å². The SMILES string of the molecule is Cc1cc(Cc2nc(C)ncc2C(N)=O)cc(C)n1. The zero-order valence-corrected chi connectivity index (χ0v) is 11.3. The third kappa shape index (κ3) is 3.13. The largest absolute Gasteiger partial charge is 0.365 e. The summed E-state index contributed by atoms with van der Waals surface area (Å²) in [7, 11) is 0. The zero-order chi connectivity index (χ0) is 14.0. The van der Waals surface area contributed by atoms with Gasteiger partial charge in [0.1, 0.15) is 5.82 Å². The number of nitrogens with two attached hydrogens (primary N) is 1. The first-order valence-electron chi connectivity index (χ1n) is 6.02. The number of primary amides is 1. The molecule has 0 radical (unpaired) electrons. The Bertz CT molecular complexity index is 617. The van der Waals surface area contributed by atoms with Crippen LogP contribution >= 0.6 is 0 Å². The lowest BCUT2D eigenvalue weighted by atomic mass is 10.1. The summed E-state index contributed by atoms with van der Waals surface area (Å²) < 4.78 is 0. The van der Waals surface area contributed by atoms with Crippen LogP contribution < -0.4 is 5.73 Å². The fourth-order valence-corrected chi connectivity index (χ4v) is 2.07. The first kappa shape index (κ1) is 13.1. The molecule has 0 spiro atoms. The summed E-state index contributed by atoms with van der Waals surface area (Å²) >= 11 is 0. The van der Waals surface area contributed by atoms with E-state index in [0.717, 1.165) is 17.0 Å². The molecule has 5 heteroatoms. The van der Waals surface area contributed by atoms with E-state index in [4.69, 9.17) is 5.73 Å². The molecule has 0 aliphatic rings. The van der Waals surface area contributed by atoms with Crippen LogP contribution in [0.25, 0.3) is 0 Å². The monoisotopic (exact) mass is 256 g/mol. The lowest BCUT2D eigenvalue weighted by Gasteiger charge is -2.08. The van der Waals surface area contributed by atoms with E-state index in [1.807, 2.05) is 26.0 Å². The lowest BCUT2D eigenvalue weighted by Crippen LogP contribution is -2.16. The first-order valence-corrected chi connectivity index (χ1v) is 6.02. The van der Waals surface area contributed by atoms with Gasteiger partial charge >= 0.3 is 0 Å². The molecular weight excluding hydrogens is 240 g/mol. The van der Waals surface area contributed by atoms with Gasteiger partial charge < -0.3 is 5.73 Å². The van der Waals surface area contributed by atoms with Crippen molar-refractivity contribution >= 4 is 5.91 Å². The van der Waals surface area contributed by atoms with Gasteiger partial charge in [-0.05, 0) is 38.5 Å². The van der Waals surface area contributed by atoms with E-state index in [1.54, 1.807) is 6.92 Å². The van der Waals surface area contributed by atoms with Crippen LogP contribution in [0.5, 0.6) is 0 Å². The molecule has 0 atom stereocenters. The second-order valence-corrected chi connectivity index (χ2v) is 4.58. The molecule has 0 aromatic carbocycles. The van der Waals surface area contributed by atoms with Crippen LogP contribution in [0.15, 0.2) is 18.3 Å². The summed E-state index contributed by atoms with van der Waals surface area (Å²) in [6.45, 7) is 5.67. The molecule has 2 aromatic heterocycles. The molecule has 2 heterocycles. The Morgan fingerprint density at radius 2 is 1.79 bits per heavy atom. The predicted octanol–water partition coefficient (Wildman–Crippen LogP) is 1.49. The number of aromatic nitrogens is 3. The molecule has 0 fully saturated rings. The predicted molar refractivity (Wildman–Crippen MR) is 71.8 cm³/mol. The average molecular weight is 256 g/mol. The first-order chi connectivity index (χ1) is 8.95. The van der Waals surface area contributed by atoms with E-state index in [0.29, 0.717) is 23.5 Å². The Morgan fingerprint density at radius 1 is 1.16 bits per heavy atom. The molecule has 1 amide bonds. The minimum Gasteiger partial charge on any atom is -0.365 e. The van der Waals surface area contributed by atoms with E-state index in [-0.39, 0.29) is 0 Å². The number of hydrogen-bond acceptors (Lipinski definition) is 4. The maximum absolute atomic E-state index is 11.4. The maximum atomic E-state index is 11.4. The van der Waals surface area contributed by atoms with Crippen LogP contribution in [-0.4, -0.2) is 20.9 Å². The van der Waals surface area contributed by atoms with Crippen LogP contribution in [0, 0.1) is 20.8 Å². The molecule has 0 aliphatic heterocycles. The molecule has 2 N–H and O–H groups in total. The normalized spacial score (nSPS) is 10.5. The lowest BCUT2D eigenvalue weighted by molar-refractivity contribution is 0.0998. The van der Waals surface area contributed by atoms with E-state index < -0.39 is 5.91 Å². The number of rotatable bonds is 3. The summed E-state index contributed by atoms with van der Waals surface area (Å²) in [6, 6.07) is 3.96. The molecule has 0 aliphatic carbocycles. The van der Waals surface area contributed by atoms with Gasteiger partial charge in [-0.15, -0.1) is 0 Å². The molecule has 19 heavy (non-hydrogen) atoms. The van der Waals surface area contributed by atoms with Crippen molar-refractivity contribution in [3.63, 3.8) is 0 Å². The van der Waals surface area contributed by atoms with Crippen LogP contribution in [-0.2, 0) is 6.42 Å². The number of amides is 1. The molecule has 0 unspecified atom stereocenters. The molecule has 98 valence electrons. The minimum absolute atomic E-state index is 0.373. The molecule has 2 rings (SSSR count). The fourth-order valence-electron chi connectivity index (χ4n) is 2.07. The van der Waals surface area contributed by atoms with Crippen molar-refractivity contribution in [3.8, 4) is 0 Å². The van der Waals surface area contributed by atoms with Gasteiger partial charge in [-0.2, -0.15) is 0 Å². The summed E-state index contributed by atoms with van der Waals surface area (Å²) in [5.74, 6) is 0.125. The number of nitrogens with zero attached hydrogens (tertiary/aromatic N) is 3. The third-order valence-corrected chi connectivity index (χ3v) is 2.77. The van der Waals surface area contributed by atoms with Gasteiger partial charge in [0, 0.05) is 24.0 Å². The number of hydrogen-bond donors (Lipinski definition) is 1. The van der Waals surface area contributed by atoms with E-state index in [9.17, 15) is 4.79 Å². The Kier molecular flexibility index (Phi) is 3.55. The smallest absolute Gasteiger partial charge is 0.252 e. The van der Waals surface area contributed by atoms with Gasteiger partial charge in [0.15, 0.2) is 0 Å². The van der Waals surface area contributed by atoms with E-state index >= 15 is 0 Å². The van der Waals surface area contributed by atoms with Gasteiger partial charge in [0.2, 0.25) is 0 Å². The Hall–Kier alpha value is -2.30. The van der Waals surface area contributed by atoms with Crippen molar-refractivity contribution in [1.82, 2.24) is 15.0 Å². The molecule has 5 nitrogen and oxygen atoms in total. The summed E-state index contributed by atoms with van der Waals surface area (Å²) in [5, 5.41) is 0. The quantitative estimate of drug-likeness (QED) is 0.902. The Morgan fingerprint density at radius 3 is 2.37 bits per heavy atom. The summed E-state index contributed by atoms with van der Waals surface area (Å²) in [5.41, 5.74) is 9.33. The average Bonchev–Trinajstić information content (AvgIpc) is 2.26. The second-order valence-electron chi connectivity index (χ2n) is 4.58. The number of pyridine rings is 1. The number of carbonyl (C=O) groups is 1. The van der Waals surface area contributed by atoms with Crippen LogP contribution in [0.1, 0.15) is 38.8 Å². The van der Waals surface area contributed by atoms with Crippen molar-refractivity contribution in [2.45, 2.75) is 27.2 Å². The van der Waals surface area contributed by atoms with Crippen molar-refractivity contribution in [3.05, 3.63) is 52.4 Å². The molecule has 0 saturated heterocycles. The highest BCUT2D eigenvalue weighted by molar-refractivity contribution is 5.93. The number of aryl methyl sites for hydroxylation is 3. The Balaban J connectivity index is 2.42. The topological polar surface area (TPSA) is 81.8 Å². The van der Waals surface area contributed by atoms with Gasteiger partial charge in [0.05, 0.1) is 11.3 Å². The van der Waals surface area contributed by atoms with E-state index in [1.165, 1.54) is 6.20 Å². The minimum atomic E-state index is -0.502. The van der Waals surface area contributed by atoms with Crippen molar-refractivity contribution < 1.29 is 4.79 Å². The van der Waals surface area contributed by atoms with Crippen molar-refractivity contribution in [2.24, 2.45) is 5.73 Å². The van der Waals surface area contributed by atoms with E-state index in [2.05, 4.69) is 15.0 Å².